The standard InChI is InChI=1S/C55H70N8O13P2/c1-5-73-52(65)45(29-40-21-13-9-14-22-40)59-77(69,60-46(53(66)74-6-2)30-41-23-15-10-16-24-41)38-71-34-44(33-63-37-58-49-50(63)56-36-57-51(49)64)35-72-39-78(70,61-47(54(67)75-7-3)31-42-25-17-11-18-26-42)62-48(55(68)76-8-4)32-43-27-19-12-20-28-43/h9-28,36-37,44-48H,5-8,29-35,38-39H2,1-4H3,(H,56,57,64)(H2,59,60,69)(H2,61,62,70)/t45-,46-,47-,48-/m0/s1. The zero-order valence-electron chi connectivity index (χ0n) is 44.3. The van der Waals surface area contributed by atoms with Crippen molar-refractivity contribution >= 4 is 49.9 Å². The molecule has 0 fully saturated rings. The Balaban J connectivity index is 1.33. The lowest BCUT2D eigenvalue weighted by Gasteiger charge is -2.30. The number of nitrogens with one attached hydrogen (secondary N) is 5. The van der Waals surface area contributed by atoms with Gasteiger partial charge in [0.15, 0.2) is 11.2 Å². The fraction of sp³-hybridized carbons (Fsp3) is 0.400. The van der Waals surface area contributed by atoms with Crippen molar-refractivity contribution in [3.63, 3.8) is 0 Å². The maximum atomic E-state index is 15.6. The Morgan fingerprint density at radius 1 is 0.513 bits per heavy atom. The molecule has 5 N–H and O–H groups in total. The second-order valence-corrected chi connectivity index (χ2v) is 22.6. The van der Waals surface area contributed by atoms with Crippen molar-refractivity contribution in [2.75, 3.05) is 52.3 Å². The van der Waals surface area contributed by atoms with E-state index in [0.717, 1.165) is 22.3 Å². The average Bonchev–Trinajstić information content (AvgIpc) is 3.86. The van der Waals surface area contributed by atoms with E-state index in [-0.39, 0.29) is 83.0 Å². The molecule has 78 heavy (non-hydrogen) atoms. The van der Waals surface area contributed by atoms with Gasteiger partial charge in [-0.05, 0) is 75.6 Å². The first-order valence-electron chi connectivity index (χ1n) is 25.9. The van der Waals surface area contributed by atoms with Gasteiger partial charge in [0.1, 0.15) is 36.9 Å². The first kappa shape index (κ1) is 60.6. The highest BCUT2D eigenvalue weighted by Crippen LogP contribution is 2.41. The van der Waals surface area contributed by atoms with Gasteiger partial charge in [0.2, 0.25) is 14.9 Å². The van der Waals surface area contributed by atoms with Crippen LogP contribution in [0.1, 0.15) is 49.9 Å². The van der Waals surface area contributed by atoms with Gasteiger partial charge in [0.05, 0.1) is 52.3 Å². The molecule has 4 aromatic carbocycles. The van der Waals surface area contributed by atoms with Crippen LogP contribution in [0.15, 0.2) is 139 Å². The van der Waals surface area contributed by atoms with Gasteiger partial charge in [-0.15, -0.1) is 0 Å². The molecule has 0 bridgehead atoms. The SMILES string of the molecule is CCOC(=O)[C@H](Cc1ccccc1)NP(=O)(COCC(COCP(=O)(N[C@@H](Cc1ccccc1)C(=O)OCC)N[C@@H](Cc1ccccc1)C(=O)OCC)Cn1cnc2c(=O)[nH]cnc21)N[C@@H](Cc1ccccc1)C(=O)OCC. The van der Waals surface area contributed by atoms with E-state index in [0.29, 0.717) is 0 Å². The topological polar surface area (TPSA) is 269 Å². The number of esters is 4. The first-order valence-corrected chi connectivity index (χ1v) is 29.7. The summed E-state index contributed by atoms with van der Waals surface area (Å²) < 4.78 is 67.3. The molecule has 0 radical (unpaired) electrons. The van der Waals surface area contributed by atoms with Crippen molar-refractivity contribution in [1.82, 2.24) is 39.9 Å². The molecule has 6 aromatic rings. The van der Waals surface area contributed by atoms with E-state index < -0.39 is 87.1 Å². The summed E-state index contributed by atoms with van der Waals surface area (Å²) in [6.45, 7) is 6.35. The quantitative estimate of drug-likeness (QED) is 0.0173. The summed E-state index contributed by atoms with van der Waals surface area (Å²) >= 11 is 0. The van der Waals surface area contributed by atoms with E-state index >= 15 is 9.13 Å². The molecule has 0 aliphatic carbocycles. The van der Waals surface area contributed by atoms with Crippen molar-refractivity contribution in [3.8, 4) is 0 Å². The minimum atomic E-state index is -4.20. The summed E-state index contributed by atoms with van der Waals surface area (Å²) in [5.41, 5.74) is 2.78. The van der Waals surface area contributed by atoms with Gasteiger partial charge in [-0.2, -0.15) is 0 Å². The van der Waals surface area contributed by atoms with E-state index in [1.54, 1.807) is 32.3 Å². The Hall–Kier alpha value is -6.67. The number of ether oxygens (including phenoxy) is 6. The summed E-state index contributed by atoms with van der Waals surface area (Å²) in [6, 6.07) is 31.6. The van der Waals surface area contributed by atoms with Crippen molar-refractivity contribution < 1.29 is 56.7 Å². The molecule has 418 valence electrons. The predicted molar refractivity (Wildman–Crippen MR) is 293 cm³/mol. The third kappa shape index (κ3) is 19.1. The Bertz CT molecular complexity index is 2680. The number of carbonyl (C=O) groups is 4. The number of nitrogens with zero attached hydrogens (tertiary/aromatic N) is 3. The largest absolute Gasteiger partial charge is 0.465 e. The predicted octanol–water partition coefficient (Wildman–Crippen LogP) is 6.13. The van der Waals surface area contributed by atoms with E-state index in [2.05, 4.69) is 35.3 Å². The van der Waals surface area contributed by atoms with E-state index in [1.807, 2.05) is 121 Å². The van der Waals surface area contributed by atoms with E-state index in [4.69, 9.17) is 28.4 Å². The van der Waals surface area contributed by atoms with Gasteiger partial charge >= 0.3 is 23.9 Å². The second kappa shape index (κ2) is 31.1. The highest BCUT2D eigenvalue weighted by atomic mass is 31.2. The minimum absolute atomic E-state index is 0.0289. The molecule has 21 nitrogen and oxygen atoms in total. The maximum Gasteiger partial charge on any atom is 0.323 e. The van der Waals surface area contributed by atoms with Crippen LogP contribution < -0.4 is 25.9 Å². The normalized spacial score (nSPS) is 13.3. The summed E-state index contributed by atoms with van der Waals surface area (Å²) in [5, 5.41) is 12.0. The lowest BCUT2D eigenvalue weighted by atomic mass is 10.1. The molecule has 0 saturated carbocycles. The van der Waals surface area contributed by atoms with Crippen LogP contribution in [0.25, 0.3) is 11.2 Å². The molecule has 4 atom stereocenters. The monoisotopic (exact) mass is 1110 g/mol. The van der Waals surface area contributed by atoms with Crippen LogP contribution >= 0.6 is 14.9 Å². The number of aromatic nitrogens is 4. The summed E-state index contributed by atoms with van der Waals surface area (Å²) in [5.74, 6) is -3.47. The average molecular weight is 1110 g/mol. The van der Waals surface area contributed by atoms with Crippen molar-refractivity contribution in [2.45, 2.75) is 84.1 Å². The molecule has 0 spiro atoms. The molecule has 0 aliphatic heterocycles. The Labute approximate surface area is 453 Å². The lowest BCUT2D eigenvalue weighted by molar-refractivity contribution is -0.146. The van der Waals surface area contributed by atoms with E-state index in [9.17, 15) is 24.0 Å². The second-order valence-electron chi connectivity index (χ2n) is 18.1. The lowest BCUT2D eigenvalue weighted by Crippen LogP contribution is -2.46. The van der Waals surface area contributed by atoms with Gasteiger partial charge in [0, 0.05) is 12.5 Å². The number of rotatable bonds is 34. The molecular formula is C55H70N8O13P2. The zero-order valence-corrected chi connectivity index (χ0v) is 46.1. The molecule has 23 heteroatoms. The Kier molecular flexibility index (Phi) is 24.1. The zero-order chi connectivity index (χ0) is 55.8. The highest BCUT2D eigenvalue weighted by Gasteiger charge is 2.38. The van der Waals surface area contributed by atoms with Crippen molar-refractivity contribution in [3.05, 3.63) is 167 Å². The molecule has 2 aromatic heterocycles. The smallest absolute Gasteiger partial charge is 0.323 e. The van der Waals surface area contributed by atoms with Crippen LogP contribution in [0.3, 0.4) is 0 Å². The number of hydrogen-bond acceptors (Lipinski definition) is 15. The summed E-state index contributed by atoms with van der Waals surface area (Å²) in [4.78, 5) is 78.6. The molecule has 0 amide bonds. The molecule has 6 rings (SSSR count). The third-order valence-electron chi connectivity index (χ3n) is 12.0. The van der Waals surface area contributed by atoms with Crippen molar-refractivity contribution in [1.29, 1.82) is 0 Å². The molecule has 2 heterocycles. The number of hydrogen-bond donors (Lipinski definition) is 5. The number of fused-ring (bicyclic) bond motifs is 1. The van der Waals surface area contributed by atoms with Gasteiger partial charge < -0.3 is 38.0 Å². The van der Waals surface area contributed by atoms with Crippen LogP contribution in [-0.2, 0) is 89.0 Å². The van der Waals surface area contributed by atoms with Gasteiger partial charge in [-0.3, -0.25) is 33.1 Å². The number of aromatic amines is 1. The van der Waals surface area contributed by atoms with Crippen LogP contribution in [0.2, 0.25) is 0 Å². The van der Waals surface area contributed by atoms with Gasteiger partial charge in [-0.1, -0.05) is 121 Å². The fourth-order valence-corrected chi connectivity index (χ4v) is 12.5. The number of carbonyl (C=O) groups excluding carboxylic acids is 4. The highest BCUT2D eigenvalue weighted by molar-refractivity contribution is 7.60. The number of benzene rings is 4. The van der Waals surface area contributed by atoms with Crippen LogP contribution in [0.4, 0.5) is 0 Å². The Morgan fingerprint density at radius 2 is 0.833 bits per heavy atom. The molecule has 0 aliphatic rings. The van der Waals surface area contributed by atoms with Crippen LogP contribution in [0, 0.1) is 5.92 Å². The summed E-state index contributed by atoms with van der Waals surface area (Å²) in [7, 11) is -8.40. The van der Waals surface area contributed by atoms with Gasteiger partial charge in [0.25, 0.3) is 5.56 Å². The van der Waals surface area contributed by atoms with Crippen molar-refractivity contribution in [2.24, 2.45) is 5.92 Å². The maximum absolute atomic E-state index is 15.6. The molecule has 0 saturated heterocycles. The molecule has 0 unspecified atom stereocenters. The summed E-state index contributed by atoms with van der Waals surface area (Å²) in [6.07, 6.45) is 1.74. The minimum Gasteiger partial charge on any atom is -0.465 e. The first-order chi connectivity index (χ1) is 37.7. The van der Waals surface area contributed by atoms with Crippen LogP contribution in [-0.4, -0.2) is 120 Å². The number of imidazole rings is 1. The van der Waals surface area contributed by atoms with Gasteiger partial charge in [-0.25, -0.2) is 30.3 Å². The molecular weight excluding hydrogens is 1040 g/mol. The fourth-order valence-electron chi connectivity index (χ4n) is 8.48. The van der Waals surface area contributed by atoms with E-state index in [1.165, 1.54) is 12.7 Å². The number of H-pyrrole nitrogens is 1. The Morgan fingerprint density at radius 3 is 1.14 bits per heavy atom. The third-order valence-corrected chi connectivity index (χ3v) is 16.0. The van der Waals surface area contributed by atoms with Crippen LogP contribution in [0.5, 0.6) is 0 Å².